The van der Waals surface area contributed by atoms with Crippen molar-refractivity contribution in [1.29, 1.82) is 0 Å². The lowest BCUT2D eigenvalue weighted by atomic mass is 10.2. The third-order valence-electron chi connectivity index (χ3n) is 3.40. The van der Waals surface area contributed by atoms with Gasteiger partial charge >= 0.3 is 0 Å². The summed E-state index contributed by atoms with van der Waals surface area (Å²) < 4.78 is 13.1. The molecule has 1 aromatic carbocycles. The van der Waals surface area contributed by atoms with Crippen LogP contribution in [0.1, 0.15) is 31.3 Å². The van der Waals surface area contributed by atoms with Crippen LogP contribution in [0.3, 0.4) is 0 Å². The van der Waals surface area contributed by atoms with Gasteiger partial charge in [0.25, 0.3) is 0 Å². The van der Waals surface area contributed by atoms with E-state index >= 15 is 0 Å². The summed E-state index contributed by atoms with van der Waals surface area (Å²) in [6.45, 7) is 7.24. The molecule has 1 N–H and O–H groups in total. The molecule has 0 saturated carbocycles. The SMILES string of the molecule is CCOC(C)c1nccn1CC(O)COc1ccc(C)cc1. The van der Waals surface area contributed by atoms with Crippen LogP contribution >= 0.6 is 0 Å². The van der Waals surface area contributed by atoms with Gasteiger partial charge < -0.3 is 19.1 Å². The fourth-order valence-electron chi connectivity index (χ4n) is 2.26. The molecule has 1 aromatic heterocycles. The number of aromatic nitrogens is 2. The second-order valence-electron chi connectivity index (χ2n) is 5.31. The van der Waals surface area contributed by atoms with Gasteiger partial charge in [-0.05, 0) is 32.9 Å². The maximum atomic E-state index is 10.2. The summed E-state index contributed by atoms with van der Waals surface area (Å²) in [5, 5.41) is 10.2. The summed E-state index contributed by atoms with van der Waals surface area (Å²) >= 11 is 0. The third kappa shape index (κ3) is 4.58. The van der Waals surface area contributed by atoms with E-state index in [4.69, 9.17) is 9.47 Å². The summed E-state index contributed by atoms with van der Waals surface area (Å²) in [6.07, 6.45) is 2.87. The number of nitrogens with zero attached hydrogens (tertiary/aromatic N) is 2. The lowest BCUT2D eigenvalue weighted by Crippen LogP contribution is -2.25. The van der Waals surface area contributed by atoms with Crippen LogP contribution in [-0.4, -0.2) is 34.0 Å². The Morgan fingerprint density at radius 2 is 2.00 bits per heavy atom. The van der Waals surface area contributed by atoms with Gasteiger partial charge in [0, 0.05) is 19.0 Å². The Kier molecular flexibility index (Phi) is 5.98. The van der Waals surface area contributed by atoms with Crippen molar-refractivity contribution in [3.8, 4) is 5.75 Å². The van der Waals surface area contributed by atoms with Crippen LogP contribution in [0.2, 0.25) is 0 Å². The Morgan fingerprint density at radius 3 is 2.68 bits per heavy atom. The quantitative estimate of drug-likeness (QED) is 0.814. The predicted octanol–water partition coefficient (Wildman–Crippen LogP) is 2.73. The fraction of sp³-hybridized carbons (Fsp3) is 0.471. The molecular weight excluding hydrogens is 280 g/mol. The predicted molar refractivity (Wildman–Crippen MR) is 84.9 cm³/mol. The van der Waals surface area contributed by atoms with Gasteiger partial charge in [-0.3, -0.25) is 0 Å². The highest BCUT2D eigenvalue weighted by Gasteiger charge is 2.15. The maximum absolute atomic E-state index is 10.2. The molecule has 22 heavy (non-hydrogen) atoms. The van der Waals surface area contributed by atoms with Gasteiger partial charge in [0.2, 0.25) is 0 Å². The number of imidazole rings is 1. The Bertz CT molecular complexity index is 566. The highest BCUT2D eigenvalue weighted by Crippen LogP contribution is 2.16. The molecule has 0 radical (unpaired) electrons. The second-order valence-corrected chi connectivity index (χ2v) is 5.31. The highest BCUT2D eigenvalue weighted by molar-refractivity contribution is 5.26. The molecule has 0 saturated heterocycles. The molecule has 0 amide bonds. The molecular formula is C17H24N2O3. The molecule has 2 atom stereocenters. The van der Waals surface area contributed by atoms with Gasteiger partial charge in [-0.1, -0.05) is 17.7 Å². The molecule has 0 aliphatic heterocycles. The van der Waals surface area contributed by atoms with E-state index in [2.05, 4.69) is 4.98 Å². The van der Waals surface area contributed by atoms with Crippen LogP contribution in [0.25, 0.3) is 0 Å². The summed E-state index contributed by atoms with van der Waals surface area (Å²) in [5.74, 6) is 1.58. The molecule has 120 valence electrons. The summed E-state index contributed by atoms with van der Waals surface area (Å²) in [5.41, 5.74) is 1.18. The number of hydrogen-bond donors (Lipinski definition) is 1. The van der Waals surface area contributed by atoms with Crippen LogP contribution in [-0.2, 0) is 11.3 Å². The number of aliphatic hydroxyl groups excluding tert-OH is 1. The molecule has 0 bridgehead atoms. The fourth-order valence-corrected chi connectivity index (χ4v) is 2.26. The average Bonchev–Trinajstić information content (AvgIpc) is 2.95. The topological polar surface area (TPSA) is 56.5 Å². The summed E-state index contributed by atoms with van der Waals surface area (Å²) in [4.78, 5) is 4.30. The minimum atomic E-state index is -0.608. The number of benzene rings is 1. The molecule has 0 aliphatic rings. The van der Waals surface area contributed by atoms with Gasteiger partial charge in [0.1, 0.15) is 30.4 Å². The molecule has 1 heterocycles. The lowest BCUT2D eigenvalue weighted by Gasteiger charge is -2.17. The van der Waals surface area contributed by atoms with Gasteiger partial charge in [0.05, 0.1) is 6.54 Å². The van der Waals surface area contributed by atoms with Crippen molar-refractivity contribution >= 4 is 0 Å². The smallest absolute Gasteiger partial charge is 0.137 e. The lowest BCUT2D eigenvalue weighted by molar-refractivity contribution is 0.0597. The second kappa shape index (κ2) is 7.96. The van der Waals surface area contributed by atoms with E-state index in [1.54, 1.807) is 6.20 Å². The van der Waals surface area contributed by atoms with Crippen LogP contribution in [0.4, 0.5) is 0 Å². The first kappa shape index (κ1) is 16.5. The van der Waals surface area contributed by atoms with Crippen molar-refractivity contribution < 1.29 is 14.6 Å². The Labute approximate surface area is 131 Å². The largest absolute Gasteiger partial charge is 0.491 e. The first-order valence-corrected chi connectivity index (χ1v) is 7.60. The van der Waals surface area contributed by atoms with E-state index in [0.29, 0.717) is 13.2 Å². The number of rotatable bonds is 8. The number of hydrogen-bond acceptors (Lipinski definition) is 4. The van der Waals surface area contributed by atoms with Crippen molar-refractivity contribution in [1.82, 2.24) is 9.55 Å². The Hall–Kier alpha value is -1.85. The van der Waals surface area contributed by atoms with Crippen LogP contribution in [0.15, 0.2) is 36.7 Å². The molecule has 2 rings (SSSR count). The minimum Gasteiger partial charge on any atom is -0.491 e. The van der Waals surface area contributed by atoms with Gasteiger partial charge in [0.15, 0.2) is 0 Å². The molecule has 5 heteroatoms. The zero-order chi connectivity index (χ0) is 15.9. The van der Waals surface area contributed by atoms with Gasteiger partial charge in [-0.2, -0.15) is 0 Å². The molecule has 2 unspecified atom stereocenters. The molecule has 2 aromatic rings. The number of aliphatic hydroxyl groups is 1. The van der Waals surface area contributed by atoms with Crippen molar-refractivity contribution in [2.24, 2.45) is 0 Å². The average molecular weight is 304 g/mol. The van der Waals surface area contributed by atoms with Crippen molar-refractivity contribution in [3.05, 3.63) is 48.0 Å². The van der Waals surface area contributed by atoms with E-state index in [-0.39, 0.29) is 12.7 Å². The van der Waals surface area contributed by atoms with Crippen molar-refractivity contribution in [2.75, 3.05) is 13.2 Å². The van der Waals surface area contributed by atoms with Gasteiger partial charge in [-0.15, -0.1) is 0 Å². The van der Waals surface area contributed by atoms with E-state index in [9.17, 15) is 5.11 Å². The van der Waals surface area contributed by atoms with Crippen LogP contribution in [0, 0.1) is 6.92 Å². The van der Waals surface area contributed by atoms with Gasteiger partial charge in [-0.25, -0.2) is 4.98 Å². The molecule has 0 aliphatic carbocycles. The molecule has 5 nitrogen and oxygen atoms in total. The minimum absolute atomic E-state index is 0.0924. The summed E-state index contributed by atoms with van der Waals surface area (Å²) in [7, 11) is 0. The number of aryl methyl sites for hydroxylation is 1. The zero-order valence-corrected chi connectivity index (χ0v) is 13.4. The number of ether oxygens (including phenoxy) is 2. The van der Waals surface area contributed by atoms with Crippen molar-refractivity contribution in [2.45, 2.75) is 39.5 Å². The molecule has 0 spiro atoms. The third-order valence-corrected chi connectivity index (χ3v) is 3.40. The molecule has 0 fully saturated rings. The Morgan fingerprint density at radius 1 is 1.27 bits per heavy atom. The zero-order valence-electron chi connectivity index (χ0n) is 13.4. The van der Waals surface area contributed by atoms with E-state index < -0.39 is 6.10 Å². The monoisotopic (exact) mass is 304 g/mol. The van der Waals surface area contributed by atoms with Crippen LogP contribution < -0.4 is 4.74 Å². The first-order chi connectivity index (χ1) is 10.6. The van der Waals surface area contributed by atoms with E-state index in [0.717, 1.165) is 11.6 Å². The maximum Gasteiger partial charge on any atom is 0.137 e. The van der Waals surface area contributed by atoms with Crippen LogP contribution in [0.5, 0.6) is 5.75 Å². The van der Waals surface area contributed by atoms with E-state index in [1.807, 2.05) is 55.8 Å². The first-order valence-electron chi connectivity index (χ1n) is 7.60. The summed E-state index contributed by atoms with van der Waals surface area (Å²) in [6, 6.07) is 7.78. The van der Waals surface area contributed by atoms with Crippen molar-refractivity contribution in [3.63, 3.8) is 0 Å². The highest BCUT2D eigenvalue weighted by atomic mass is 16.5. The van der Waals surface area contributed by atoms with E-state index in [1.165, 1.54) is 5.56 Å². The Balaban J connectivity index is 1.88. The standard InChI is InChI=1S/C17H24N2O3/c1-4-21-14(3)17-18-9-10-19(17)11-15(20)12-22-16-7-5-13(2)6-8-16/h5-10,14-15,20H,4,11-12H2,1-3H3. The normalized spacial score (nSPS) is 13.8.